The molecule has 0 aromatic heterocycles. The number of nitrogens with one attached hydrogen (secondary N) is 1. The third kappa shape index (κ3) is 7.13. The summed E-state index contributed by atoms with van der Waals surface area (Å²) >= 11 is 9.10. The standard InChI is InChI=1S/C15H23BrClNO2S/c1-12(2)7-5-3-4-6-10-18-21(19,20)13-8-9-15(17)14(16)11-13/h8-9,11-12,18H,3-7,10H2,1-2H3. The fourth-order valence-electron chi connectivity index (χ4n) is 1.97. The second kappa shape index (κ2) is 9.13. The fraction of sp³-hybridized carbons (Fsp3) is 0.600. The summed E-state index contributed by atoms with van der Waals surface area (Å²) in [6.45, 7) is 4.92. The van der Waals surface area contributed by atoms with E-state index in [4.69, 9.17) is 11.6 Å². The first-order valence-electron chi connectivity index (χ1n) is 7.27. The molecule has 0 bridgehead atoms. The summed E-state index contributed by atoms with van der Waals surface area (Å²) in [5.74, 6) is 0.742. The van der Waals surface area contributed by atoms with E-state index in [1.165, 1.54) is 25.0 Å². The van der Waals surface area contributed by atoms with Gasteiger partial charge in [-0.3, -0.25) is 0 Å². The summed E-state index contributed by atoms with van der Waals surface area (Å²) in [5.41, 5.74) is 0. The van der Waals surface area contributed by atoms with E-state index in [2.05, 4.69) is 34.5 Å². The average molecular weight is 397 g/mol. The highest BCUT2D eigenvalue weighted by Crippen LogP contribution is 2.25. The summed E-state index contributed by atoms with van der Waals surface area (Å²) in [6, 6.07) is 4.61. The van der Waals surface area contributed by atoms with Crippen molar-refractivity contribution in [2.24, 2.45) is 5.92 Å². The molecule has 1 aromatic carbocycles. The van der Waals surface area contributed by atoms with Gasteiger partial charge in [0.15, 0.2) is 0 Å². The molecule has 0 aliphatic carbocycles. The van der Waals surface area contributed by atoms with Gasteiger partial charge in [0.25, 0.3) is 0 Å². The Bertz CT molecular complexity index is 547. The zero-order valence-electron chi connectivity index (χ0n) is 12.5. The van der Waals surface area contributed by atoms with Gasteiger partial charge in [-0.2, -0.15) is 0 Å². The molecule has 0 aliphatic rings. The summed E-state index contributed by atoms with van der Waals surface area (Å²) in [7, 11) is -3.44. The van der Waals surface area contributed by atoms with Crippen molar-refractivity contribution in [3.8, 4) is 0 Å². The molecule has 0 fully saturated rings. The SMILES string of the molecule is CC(C)CCCCCCNS(=O)(=O)c1ccc(Cl)c(Br)c1. The molecule has 0 radical (unpaired) electrons. The number of rotatable bonds is 9. The van der Waals surface area contributed by atoms with Crippen molar-refractivity contribution in [2.75, 3.05) is 6.54 Å². The van der Waals surface area contributed by atoms with E-state index in [9.17, 15) is 8.42 Å². The maximum Gasteiger partial charge on any atom is 0.240 e. The van der Waals surface area contributed by atoms with E-state index in [0.29, 0.717) is 16.0 Å². The largest absolute Gasteiger partial charge is 0.240 e. The summed E-state index contributed by atoms with van der Waals surface area (Å²) in [5, 5.41) is 0.499. The molecular formula is C15H23BrClNO2S. The maximum atomic E-state index is 12.1. The molecule has 3 nitrogen and oxygen atoms in total. The summed E-state index contributed by atoms with van der Waals surface area (Å²) in [6.07, 6.45) is 5.54. The van der Waals surface area contributed by atoms with Crippen LogP contribution < -0.4 is 4.72 Å². The second-order valence-electron chi connectivity index (χ2n) is 5.57. The van der Waals surface area contributed by atoms with E-state index in [0.717, 1.165) is 25.2 Å². The van der Waals surface area contributed by atoms with Gasteiger partial charge in [-0.05, 0) is 46.5 Å². The summed E-state index contributed by atoms with van der Waals surface area (Å²) < 4.78 is 27.4. The lowest BCUT2D eigenvalue weighted by molar-refractivity contribution is 0.517. The molecule has 21 heavy (non-hydrogen) atoms. The highest BCUT2D eigenvalue weighted by Gasteiger charge is 2.14. The molecule has 6 heteroatoms. The van der Waals surface area contributed by atoms with Gasteiger partial charge in [0.2, 0.25) is 10.0 Å². The number of benzene rings is 1. The highest BCUT2D eigenvalue weighted by molar-refractivity contribution is 9.10. The summed E-state index contributed by atoms with van der Waals surface area (Å²) in [4.78, 5) is 0.235. The third-order valence-corrected chi connectivity index (χ3v) is 5.87. The van der Waals surface area contributed by atoms with Crippen LogP contribution in [0.1, 0.15) is 46.0 Å². The lowest BCUT2D eigenvalue weighted by Crippen LogP contribution is -2.24. The van der Waals surface area contributed by atoms with Crippen molar-refractivity contribution >= 4 is 37.6 Å². The van der Waals surface area contributed by atoms with Crippen LogP contribution in [0.4, 0.5) is 0 Å². The Morgan fingerprint density at radius 1 is 1.19 bits per heavy atom. The van der Waals surface area contributed by atoms with E-state index in [-0.39, 0.29) is 4.90 Å². The van der Waals surface area contributed by atoms with Gasteiger partial charge in [0, 0.05) is 11.0 Å². The Morgan fingerprint density at radius 2 is 1.86 bits per heavy atom. The second-order valence-corrected chi connectivity index (χ2v) is 8.60. The third-order valence-electron chi connectivity index (χ3n) is 3.20. The van der Waals surface area contributed by atoms with E-state index < -0.39 is 10.0 Å². The minimum Gasteiger partial charge on any atom is -0.211 e. The Kier molecular flexibility index (Phi) is 8.24. The highest BCUT2D eigenvalue weighted by atomic mass is 79.9. The Morgan fingerprint density at radius 3 is 2.48 bits per heavy atom. The van der Waals surface area contributed by atoms with Gasteiger partial charge in [-0.25, -0.2) is 13.1 Å². The molecule has 0 amide bonds. The van der Waals surface area contributed by atoms with Crippen molar-refractivity contribution < 1.29 is 8.42 Å². The van der Waals surface area contributed by atoms with Gasteiger partial charge in [-0.1, -0.05) is 51.1 Å². The molecule has 0 saturated heterocycles. The van der Waals surface area contributed by atoms with Crippen LogP contribution in [0.15, 0.2) is 27.6 Å². The maximum absolute atomic E-state index is 12.1. The van der Waals surface area contributed by atoms with E-state index >= 15 is 0 Å². The Hall–Kier alpha value is -0.100. The van der Waals surface area contributed by atoms with Crippen LogP contribution >= 0.6 is 27.5 Å². The lowest BCUT2D eigenvalue weighted by atomic mass is 10.0. The molecule has 1 aromatic rings. The van der Waals surface area contributed by atoms with Crippen molar-refractivity contribution in [1.29, 1.82) is 0 Å². The van der Waals surface area contributed by atoms with Crippen LogP contribution in [-0.2, 0) is 10.0 Å². The fourth-order valence-corrected chi connectivity index (χ4v) is 3.71. The van der Waals surface area contributed by atoms with E-state index in [1.807, 2.05) is 0 Å². The Balaban J connectivity index is 2.35. The quantitative estimate of drug-likeness (QED) is 0.598. The molecule has 0 unspecified atom stereocenters. The molecule has 1 N–H and O–H groups in total. The van der Waals surface area contributed by atoms with E-state index in [1.54, 1.807) is 6.07 Å². The zero-order valence-corrected chi connectivity index (χ0v) is 15.7. The zero-order chi connectivity index (χ0) is 15.9. The van der Waals surface area contributed by atoms with Gasteiger partial charge in [-0.15, -0.1) is 0 Å². The molecule has 0 spiro atoms. The van der Waals surface area contributed by atoms with Crippen LogP contribution in [0.3, 0.4) is 0 Å². The number of hydrogen-bond acceptors (Lipinski definition) is 2. The number of unbranched alkanes of at least 4 members (excludes halogenated alkanes) is 3. The number of halogens is 2. The number of sulfonamides is 1. The minimum atomic E-state index is -3.44. The van der Waals surface area contributed by atoms with Crippen molar-refractivity contribution in [2.45, 2.75) is 50.8 Å². The van der Waals surface area contributed by atoms with Gasteiger partial charge in [0.1, 0.15) is 0 Å². The predicted molar refractivity (Wildman–Crippen MR) is 92.3 cm³/mol. The molecule has 0 heterocycles. The van der Waals surface area contributed by atoms with Gasteiger partial charge >= 0.3 is 0 Å². The van der Waals surface area contributed by atoms with Crippen LogP contribution in [-0.4, -0.2) is 15.0 Å². The minimum absolute atomic E-state index is 0.235. The predicted octanol–water partition coefficient (Wildman–Crippen LogP) is 4.99. The first-order valence-corrected chi connectivity index (χ1v) is 9.93. The van der Waals surface area contributed by atoms with Crippen LogP contribution in [0, 0.1) is 5.92 Å². The normalized spacial score (nSPS) is 12.0. The first-order chi connectivity index (χ1) is 9.83. The topological polar surface area (TPSA) is 46.2 Å². The molecule has 0 atom stereocenters. The smallest absolute Gasteiger partial charge is 0.211 e. The Labute approximate surface area is 141 Å². The van der Waals surface area contributed by atoms with Crippen molar-refractivity contribution in [3.63, 3.8) is 0 Å². The van der Waals surface area contributed by atoms with Crippen molar-refractivity contribution in [3.05, 3.63) is 27.7 Å². The first kappa shape index (κ1) is 18.9. The molecule has 0 saturated carbocycles. The van der Waals surface area contributed by atoms with Crippen LogP contribution in [0.5, 0.6) is 0 Å². The van der Waals surface area contributed by atoms with Gasteiger partial charge in [0.05, 0.1) is 9.92 Å². The molecule has 120 valence electrons. The lowest BCUT2D eigenvalue weighted by Gasteiger charge is -2.08. The monoisotopic (exact) mass is 395 g/mol. The number of hydrogen-bond donors (Lipinski definition) is 1. The molecular weight excluding hydrogens is 374 g/mol. The van der Waals surface area contributed by atoms with Crippen LogP contribution in [0.25, 0.3) is 0 Å². The molecule has 1 rings (SSSR count). The van der Waals surface area contributed by atoms with Crippen LogP contribution in [0.2, 0.25) is 5.02 Å². The van der Waals surface area contributed by atoms with Crippen molar-refractivity contribution in [1.82, 2.24) is 4.72 Å². The average Bonchev–Trinajstić information content (AvgIpc) is 2.40. The van der Waals surface area contributed by atoms with Gasteiger partial charge < -0.3 is 0 Å². The molecule has 0 aliphatic heterocycles.